The summed E-state index contributed by atoms with van der Waals surface area (Å²) in [6.07, 6.45) is 9.50. The molecule has 0 spiro atoms. The monoisotopic (exact) mass is 265 g/mol. The van der Waals surface area contributed by atoms with Crippen LogP contribution >= 0.6 is 11.8 Å². The first-order valence-electron chi connectivity index (χ1n) is 6.24. The molecule has 1 saturated heterocycles. The second kappa shape index (κ2) is 5.21. The average molecular weight is 265 g/mol. The summed E-state index contributed by atoms with van der Waals surface area (Å²) in [7, 11) is 0. The molecule has 2 heterocycles. The van der Waals surface area contributed by atoms with Crippen LogP contribution in [0, 0.1) is 18.8 Å². The average Bonchev–Trinajstić information content (AvgIpc) is 3.04. The molecule has 18 heavy (non-hydrogen) atoms. The summed E-state index contributed by atoms with van der Waals surface area (Å²) < 4.78 is 10.7. The van der Waals surface area contributed by atoms with E-state index in [4.69, 9.17) is 9.47 Å². The molecule has 0 unspecified atom stereocenters. The minimum Gasteiger partial charge on any atom is -0.463 e. The predicted octanol–water partition coefficient (Wildman–Crippen LogP) is 1.75. The molecule has 2 fully saturated rings. The van der Waals surface area contributed by atoms with E-state index in [9.17, 15) is 4.79 Å². The van der Waals surface area contributed by atoms with Crippen LogP contribution in [-0.4, -0.2) is 35.2 Å². The molecule has 3 rings (SSSR count). The van der Waals surface area contributed by atoms with Crippen molar-refractivity contribution >= 4 is 22.8 Å². The Bertz CT molecular complexity index is 367. The highest BCUT2D eigenvalue weighted by Gasteiger charge is 2.39. The van der Waals surface area contributed by atoms with Gasteiger partial charge in [0.15, 0.2) is 0 Å². The highest BCUT2D eigenvalue weighted by atomic mass is 32.2. The minimum atomic E-state index is -0.307. The lowest BCUT2D eigenvalue weighted by atomic mass is 10.1. The van der Waals surface area contributed by atoms with E-state index in [0.29, 0.717) is 0 Å². The van der Waals surface area contributed by atoms with Gasteiger partial charge in [-0.3, -0.25) is 9.79 Å². The lowest BCUT2D eigenvalue weighted by Gasteiger charge is -2.29. The minimum absolute atomic E-state index is 0.0134. The summed E-state index contributed by atoms with van der Waals surface area (Å²) in [6.45, 7) is 1.60. The highest BCUT2D eigenvalue weighted by molar-refractivity contribution is 8.14. The molecule has 3 aliphatic rings. The van der Waals surface area contributed by atoms with E-state index in [1.165, 1.54) is 24.8 Å². The van der Waals surface area contributed by atoms with E-state index in [0.717, 1.165) is 12.3 Å². The topological polar surface area (TPSA) is 47.9 Å². The molecule has 0 N–H and O–H groups in total. The summed E-state index contributed by atoms with van der Waals surface area (Å²) in [5, 5.41) is 1.18. The quantitative estimate of drug-likeness (QED) is 0.727. The highest BCUT2D eigenvalue weighted by Crippen LogP contribution is 2.41. The maximum Gasteiger partial charge on any atom is 0.302 e. The van der Waals surface area contributed by atoms with Gasteiger partial charge >= 0.3 is 5.97 Å². The molecule has 3 atom stereocenters. The molecule has 0 aromatic carbocycles. The molecular formula is C13H15NO3S. The third-order valence-electron chi connectivity index (χ3n) is 3.08. The Morgan fingerprint density at radius 2 is 2.39 bits per heavy atom. The fourth-order valence-electron chi connectivity index (χ4n) is 1.97. The number of nitrogens with zero attached hydrogens (tertiary/aromatic N) is 1. The van der Waals surface area contributed by atoms with E-state index < -0.39 is 0 Å². The Labute approximate surface area is 112 Å². The molecule has 0 aromatic heterocycles. The number of hydrogen-bond donors (Lipinski definition) is 0. The Morgan fingerprint density at radius 3 is 3.11 bits per heavy atom. The van der Waals surface area contributed by atoms with Crippen molar-refractivity contribution in [2.24, 2.45) is 10.9 Å². The zero-order valence-corrected chi connectivity index (χ0v) is 11.0. The van der Waals surface area contributed by atoms with Gasteiger partial charge in [0.2, 0.25) is 0 Å². The van der Waals surface area contributed by atoms with Gasteiger partial charge in [0.1, 0.15) is 18.1 Å². The van der Waals surface area contributed by atoms with E-state index in [1.807, 2.05) is 0 Å². The normalized spacial score (nSPS) is 34.9. The zero-order valence-electron chi connectivity index (χ0n) is 10.2. The molecule has 1 aliphatic carbocycles. The first-order valence-corrected chi connectivity index (χ1v) is 7.12. The van der Waals surface area contributed by atoms with Crippen molar-refractivity contribution in [3.63, 3.8) is 0 Å². The van der Waals surface area contributed by atoms with Crippen molar-refractivity contribution in [1.82, 2.24) is 0 Å². The van der Waals surface area contributed by atoms with Crippen LogP contribution in [0.25, 0.3) is 0 Å². The van der Waals surface area contributed by atoms with E-state index >= 15 is 0 Å². The molecule has 0 amide bonds. The van der Waals surface area contributed by atoms with Crippen LogP contribution in [-0.2, 0) is 14.3 Å². The van der Waals surface area contributed by atoms with Gasteiger partial charge < -0.3 is 9.47 Å². The molecular weight excluding hydrogens is 250 g/mol. The van der Waals surface area contributed by atoms with Crippen LogP contribution in [0.1, 0.15) is 26.2 Å². The maximum absolute atomic E-state index is 10.7. The van der Waals surface area contributed by atoms with Crippen LogP contribution in [0.4, 0.5) is 0 Å². The van der Waals surface area contributed by atoms with Crippen LogP contribution in [0.3, 0.4) is 0 Å². The van der Waals surface area contributed by atoms with Gasteiger partial charge in [-0.05, 0) is 25.2 Å². The molecule has 4 radical (unpaired) electrons. The number of rotatable bonds is 4. The Kier molecular flexibility index (Phi) is 3.61. The van der Waals surface area contributed by atoms with E-state index in [1.54, 1.807) is 11.8 Å². The standard InChI is InChI=1S/C13H15NO3S/c1-8(15)16-7-10-4-5-11-13(17-10)18-12(14-11)6-9-2-3-9/h9-11,13H,2-3,6-7H2,1H3/t10-,11-,13-/m1/s1. The largest absolute Gasteiger partial charge is 0.463 e. The molecule has 96 valence electrons. The lowest BCUT2D eigenvalue weighted by molar-refractivity contribution is -0.145. The summed E-state index contributed by atoms with van der Waals surface area (Å²) in [5.74, 6) is 0.536. The van der Waals surface area contributed by atoms with Crippen LogP contribution in [0.5, 0.6) is 0 Å². The van der Waals surface area contributed by atoms with Crippen molar-refractivity contribution in [3.8, 4) is 0 Å². The second-order valence-electron chi connectivity index (χ2n) is 4.82. The number of carbonyl (C=O) groups is 1. The fourth-order valence-corrected chi connectivity index (χ4v) is 3.19. The lowest BCUT2D eigenvalue weighted by Crippen LogP contribution is -2.37. The number of esters is 1. The molecule has 4 nitrogen and oxygen atoms in total. The Hall–Kier alpha value is -0.550. The van der Waals surface area contributed by atoms with Crippen LogP contribution in [0.15, 0.2) is 4.99 Å². The van der Waals surface area contributed by atoms with Gasteiger partial charge in [0.05, 0.1) is 11.1 Å². The summed E-state index contributed by atoms with van der Waals surface area (Å²) in [4.78, 5) is 15.3. The number of hydrogen-bond acceptors (Lipinski definition) is 5. The third-order valence-corrected chi connectivity index (χ3v) is 4.23. The summed E-state index contributed by atoms with van der Waals surface area (Å²) in [6, 6.07) is -0.0303. The first kappa shape index (κ1) is 12.5. The van der Waals surface area contributed by atoms with Crippen molar-refractivity contribution in [2.75, 3.05) is 6.61 Å². The Morgan fingerprint density at radius 1 is 1.56 bits per heavy atom. The van der Waals surface area contributed by atoms with Crippen molar-refractivity contribution < 1.29 is 14.3 Å². The summed E-state index contributed by atoms with van der Waals surface area (Å²) in [5.41, 5.74) is -0.0134. The molecule has 2 aliphatic heterocycles. The Balaban J connectivity index is 1.48. The smallest absolute Gasteiger partial charge is 0.302 e. The van der Waals surface area contributed by atoms with Gasteiger partial charge in [0, 0.05) is 19.8 Å². The fraction of sp³-hybridized carbons (Fsp3) is 0.692. The number of aliphatic imine (C=N–C) groups is 1. The maximum atomic E-state index is 10.7. The molecule has 1 saturated carbocycles. The van der Waals surface area contributed by atoms with Crippen molar-refractivity contribution in [1.29, 1.82) is 0 Å². The van der Waals surface area contributed by atoms with Gasteiger partial charge in [-0.25, -0.2) is 0 Å². The van der Waals surface area contributed by atoms with Gasteiger partial charge in [-0.2, -0.15) is 0 Å². The molecule has 0 aromatic rings. The zero-order chi connectivity index (χ0) is 12.5. The third kappa shape index (κ3) is 3.06. The number of thioether (sulfide) groups is 1. The first-order chi connectivity index (χ1) is 8.70. The molecule has 0 bridgehead atoms. The summed E-state index contributed by atoms with van der Waals surface area (Å²) >= 11 is 1.69. The van der Waals surface area contributed by atoms with E-state index in [-0.39, 0.29) is 30.2 Å². The van der Waals surface area contributed by atoms with Crippen LogP contribution < -0.4 is 0 Å². The molecule has 5 heteroatoms. The number of fused-ring (bicyclic) bond motifs is 1. The van der Waals surface area contributed by atoms with Crippen molar-refractivity contribution in [3.05, 3.63) is 12.8 Å². The van der Waals surface area contributed by atoms with Crippen LogP contribution in [0.2, 0.25) is 0 Å². The second-order valence-corrected chi connectivity index (χ2v) is 5.99. The van der Waals surface area contributed by atoms with Crippen molar-refractivity contribution in [2.45, 2.75) is 43.8 Å². The number of ether oxygens (including phenoxy) is 2. The van der Waals surface area contributed by atoms with Gasteiger partial charge in [-0.1, -0.05) is 11.8 Å². The number of carbonyl (C=O) groups excluding carboxylic acids is 1. The van der Waals surface area contributed by atoms with Gasteiger partial charge in [-0.15, -0.1) is 0 Å². The predicted molar refractivity (Wildman–Crippen MR) is 67.9 cm³/mol. The van der Waals surface area contributed by atoms with Gasteiger partial charge in [0.25, 0.3) is 0 Å². The SMILES string of the molecule is CC(=O)OC[C@H]1[C][C][C@H]2N=C(CC3CC3)S[C@H]2O1. The van der Waals surface area contributed by atoms with E-state index in [2.05, 4.69) is 17.8 Å².